The SMILES string of the molecule is C[C@H](Cc1cccc(CC(=O)O)c1)NCC(O)c1ccc(O)c(CO)n1.Cl. The Bertz CT molecular complexity index is 757. The second-order valence-corrected chi connectivity index (χ2v) is 6.28. The van der Waals surface area contributed by atoms with Gasteiger partial charge in [-0.15, -0.1) is 12.4 Å². The number of benzene rings is 1. The summed E-state index contributed by atoms with van der Waals surface area (Å²) in [4.78, 5) is 14.8. The van der Waals surface area contributed by atoms with E-state index < -0.39 is 18.7 Å². The van der Waals surface area contributed by atoms with Crippen molar-refractivity contribution < 1.29 is 25.2 Å². The molecule has 7 nitrogen and oxygen atoms in total. The summed E-state index contributed by atoms with van der Waals surface area (Å²) in [5.74, 6) is -0.967. The van der Waals surface area contributed by atoms with E-state index in [0.29, 0.717) is 12.1 Å². The third-order valence-electron chi connectivity index (χ3n) is 4.01. The van der Waals surface area contributed by atoms with Crippen LogP contribution in [0.15, 0.2) is 36.4 Å². The summed E-state index contributed by atoms with van der Waals surface area (Å²) >= 11 is 0. The van der Waals surface area contributed by atoms with Gasteiger partial charge in [-0.25, -0.2) is 4.98 Å². The van der Waals surface area contributed by atoms with Crippen LogP contribution in [0.3, 0.4) is 0 Å². The largest absolute Gasteiger partial charge is 0.506 e. The second kappa shape index (κ2) is 10.8. The highest BCUT2D eigenvalue weighted by Gasteiger charge is 2.13. The molecule has 2 aromatic rings. The molecule has 1 heterocycles. The van der Waals surface area contributed by atoms with Gasteiger partial charge >= 0.3 is 5.97 Å². The van der Waals surface area contributed by atoms with E-state index in [1.165, 1.54) is 12.1 Å². The number of halogens is 1. The van der Waals surface area contributed by atoms with Crippen LogP contribution in [0.25, 0.3) is 0 Å². The van der Waals surface area contributed by atoms with E-state index in [0.717, 1.165) is 11.1 Å². The lowest BCUT2D eigenvalue weighted by Gasteiger charge is -2.18. The van der Waals surface area contributed by atoms with E-state index in [9.17, 15) is 15.0 Å². The van der Waals surface area contributed by atoms with Crippen molar-refractivity contribution in [1.29, 1.82) is 0 Å². The molecule has 0 radical (unpaired) electrons. The van der Waals surface area contributed by atoms with Crippen molar-refractivity contribution in [1.82, 2.24) is 10.3 Å². The van der Waals surface area contributed by atoms with Crippen molar-refractivity contribution >= 4 is 18.4 Å². The van der Waals surface area contributed by atoms with Crippen LogP contribution in [0.5, 0.6) is 5.75 Å². The van der Waals surface area contributed by atoms with Crippen LogP contribution in [-0.2, 0) is 24.2 Å². The Hall–Kier alpha value is -2.19. The average Bonchev–Trinajstić information content (AvgIpc) is 2.59. The Morgan fingerprint density at radius 3 is 2.59 bits per heavy atom. The molecule has 0 saturated heterocycles. The lowest BCUT2D eigenvalue weighted by molar-refractivity contribution is -0.136. The number of rotatable bonds is 9. The first-order valence-electron chi connectivity index (χ1n) is 8.39. The lowest BCUT2D eigenvalue weighted by atomic mass is 10.0. The van der Waals surface area contributed by atoms with Gasteiger partial charge in [-0.05, 0) is 36.6 Å². The minimum Gasteiger partial charge on any atom is -0.506 e. The molecule has 5 N–H and O–H groups in total. The number of pyridine rings is 1. The Kier molecular flexibility index (Phi) is 9.17. The van der Waals surface area contributed by atoms with E-state index >= 15 is 0 Å². The van der Waals surface area contributed by atoms with Crippen molar-refractivity contribution in [3.8, 4) is 5.75 Å². The van der Waals surface area contributed by atoms with E-state index in [2.05, 4.69) is 10.3 Å². The number of hydrogen-bond acceptors (Lipinski definition) is 6. The van der Waals surface area contributed by atoms with E-state index in [4.69, 9.17) is 10.2 Å². The normalized spacial score (nSPS) is 12.9. The molecular formula is C19H25ClN2O5. The second-order valence-electron chi connectivity index (χ2n) is 6.28. The van der Waals surface area contributed by atoms with Crippen molar-refractivity contribution in [3.63, 3.8) is 0 Å². The molecule has 2 atom stereocenters. The summed E-state index contributed by atoms with van der Waals surface area (Å²) in [7, 11) is 0. The lowest BCUT2D eigenvalue weighted by Crippen LogP contribution is -2.32. The van der Waals surface area contributed by atoms with Crippen molar-refractivity contribution in [3.05, 3.63) is 58.9 Å². The van der Waals surface area contributed by atoms with Crippen LogP contribution in [0.1, 0.15) is 35.5 Å². The maximum Gasteiger partial charge on any atom is 0.307 e. The number of carbonyl (C=O) groups is 1. The molecule has 0 spiro atoms. The van der Waals surface area contributed by atoms with E-state index in [1.807, 2.05) is 25.1 Å². The summed E-state index contributed by atoms with van der Waals surface area (Å²) in [5, 5.41) is 41.0. The number of aliphatic hydroxyl groups is 2. The van der Waals surface area contributed by atoms with Crippen LogP contribution in [0.4, 0.5) is 0 Å². The number of aliphatic hydroxyl groups excluding tert-OH is 2. The van der Waals surface area contributed by atoms with Gasteiger partial charge in [-0.1, -0.05) is 24.3 Å². The molecule has 0 aliphatic heterocycles. The van der Waals surface area contributed by atoms with Gasteiger partial charge in [-0.2, -0.15) is 0 Å². The number of carboxylic acid groups (broad SMARTS) is 1. The molecule has 2 rings (SSSR count). The maximum absolute atomic E-state index is 10.8. The zero-order valence-corrected chi connectivity index (χ0v) is 15.8. The molecule has 0 saturated carbocycles. The molecular weight excluding hydrogens is 372 g/mol. The van der Waals surface area contributed by atoms with E-state index in [-0.39, 0.29) is 42.9 Å². The minimum absolute atomic E-state index is 0. The van der Waals surface area contributed by atoms with Crippen molar-refractivity contribution in [2.45, 2.75) is 38.5 Å². The van der Waals surface area contributed by atoms with Gasteiger partial charge < -0.3 is 25.7 Å². The van der Waals surface area contributed by atoms with Crippen LogP contribution >= 0.6 is 12.4 Å². The fourth-order valence-corrected chi connectivity index (χ4v) is 2.70. The van der Waals surface area contributed by atoms with Gasteiger partial charge in [0.1, 0.15) is 17.5 Å². The zero-order chi connectivity index (χ0) is 19.1. The number of nitrogens with zero attached hydrogens (tertiary/aromatic N) is 1. The summed E-state index contributed by atoms with van der Waals surface area (Å²) in [5.41, 5.74) is 2.27. The first-order valence-corrected chi connectivity index (χ1v) is 8.39. The Balaban J connectivity index is 0.00000364. The van der Waals surface area contributed by atoms with Crippen LogP contribution in [0, 0.1) is 0 Å². The topological polar surface area (TPSA) is 123 Å². The fourth-order valence-electron chi connectivity index (χ4n) is 2.70. The molecule has 148 valence electrons. The summed E-state index contributed by atoms with van der Waals surface area (Å²) in [6.07, 6.45) is -0.194. The van der Waals surface area contributed by atoms with Gasteiger partial charge in [0.25, 0.3) is 0 Å². The van der Waals surface area contributed by atoms with Crippen LogP contribution in [-0.4, -0.2) is 44.0 Å². The molecule has 0 fully saturated rings. The monoisotopic (exact) mass is 396 g/mol. The van der Waals surface area contributed by atoms with Crippen molar-refractivity contribution in [2.75, 3.05) is 6.54 Å². The third kappa shape index (κ3) is 7.15. The van der Waals surface area contributed by atoms with Gasteiger partial charge in [0.2, 0.25) is 0 Å². The molecule has 1 aromatic heterocycles. The first kappa shape index (κ1) is 22.9. The average molecular weight is 397 g/mol. The molecule has 1 unspecified atom stereocenters. The number of carboxylic acids is 1. The molecule has 0 aliphatic rings. The predicted molar refractivity (Wildman–Crippen MR) is 103 cm³/mol. The first-order chi connectivity index (χ1) is 12.4. The van der Waals surface area contributed by atoms with Gasteiger partial charge in [0.05, 0.1) is 18.7 Å². The van der Waals surface area contributed by atoms with Crippen LogP contribution in [0.2, 0.25) is 0 Å². The summed E-state index contributed by atoms with van der Waals surface area (Å²) in [6, 6.07) is 10.4. The predicted octanol–water partition coefficient (Wildman–Crippen LogP) is 1.58. The number of aromatic nitrogens is 1. The number of aliphatic carboxylic acids is 1. The summed E-state index contributed by atoms with van der Waals surface area (Å²) in [6.45, 7) is 1.83. The van der Waals surface area contributed by atoms with Gasteiger partial charge in [-0.3, -0.25) is 4.79 Å². The smallest absolute Gasteiger partial charge is 0.307 e. The van der Waals surface area contributed by atoms with Gasteiger partial charge in [0.15, 0.2) is 0 Å². The Morgan fingerprint density at radius 2 is 1.93 bits per heavy atom. The van der Waals surface area contributed by atoms with Crippen LogP contribution < -0.4 is 5.32 Å². The number of hydrogen-bond donors (Lipinski definition) is 5. The number of nitrogens with one attached hydrogen (secondary N) is 1. The Morgan fingerprint density at radius 1 is 1.22 bits per heavy atom. The highest BCUT2D eigenvalue weighted by molar-refractivity contribution is 5.85. The Labute approximate surface area is 164 Å². The molecule has 0 bridgehead atoms. The number of aromatic hydroxyl groups is 1. The highest BCUT2D eigenvalue weighted by atomic mass is 35.5. The third-order valence-corrected chi connectivity index (χ3v) is 4.01. The minimum atomic E-state index is -0.873. The van der Waals surface area contributed by atoms with E-state index in [1.54, 1.807) is 6.07 Å². The van der Waals surface area contributed by atoms with Crippen molar-refractivity contribution in [2.24, 2.45) is 0 Å². The quantitative estimate of drug-likeness (QED) is 0.436. The maximum atomic E-state index is 10.8. The highest BCUT2D eigenvalue weighted by Crippen LogP contribution is 2.18. The molecule has 27 heavy (non-hydrogen) atoms. The fraction of sp³-hybridized carbons (Fsp3) is 0.368. The van der Waals surface area contributed by atoms with Gasteiger partial charge in [0, 0.05) is 12.6 Å². The standard InChI is InChI=1S/C19H24N2O5.ClH/c1-12(7-13-3-2-4-14(8-13)9-19(25)26)20-10-18(24)15-5-6-17(23)16(11-22)21-15;/h2-6,8,12,18,20,22-24H,7,9-11H2,1H3,(H,25,26);1H/t12-,18?;/m1./s1. The molecule has 0 amide bonds. The molecule has 1 aromatic carbocycles. The molecule has 8 heteroatoms. The summed E-state index contributed by atoms with van der Waals surface area (Å²) < 4.78 is 0. The molecule has 0 aliphatic carbocycles. The zero-order valence-electron chi connectivity index (χ0n) is 15.0.